The van der Waals surface area contributed by atoms with Gasteiger partial charge >= 0.3 is 11.7 Å². The van der Waals surface area contributed by atoms with Crippen LogP contribution in [0.2, 0.25) is 0 Å². The number of hydrogen-bond acceptors (Lipinski definition) is 4. The topological polar surface area (TPSA) is 69.4 Å². The van der Waals surface area contributed by atoms with E-state index in [2.05, 4.69) is 0 Å². The first kappa shape index (κ1) is 11.1. The van der Waals surface area contributed by atoms with Gasteiger partial charge in [-0.25, -0.2) is 0 Å². The van der Waals surface area contributed by atoms with Gasteiger partial charge in [0.1, 0.15) is 0 Å². The van der Waals surface area contributed by atoms with Gasteiger partial charge in [-0.3, -0.25) is 14.9 Å². The fourth-order valence-corrected chi connectivity index (χ4v) is 1.66. The van der Waals surface area contributed by atoms with Crippen LogP contribution < -0.4 is 4.74 Å². The Kier molecular flexibility index (Phi) is 2.74. The minimum atomic E-state index is -0.580. The molecule has 0 heterocycles. The highest BCUT2D eigenvalue weighted by atomic mass is 16.6. The number of esters is 1. The van der Waals surface area contributed by atoms with Gasteiger partial charge in [-0.05, 0) is 17.5 Å². The molecule has 86 valence electrons. The fraction of sp³-hybridized carbons (Fsp3) is 0.0833. The third-order valence-electron chi connectivity index (χ3n) is 2.30. The molecule has 0 fully saturated rings. The van der Waals surface area contributed by atoms with Crippen molar-refractivity contribution < 1.29 is 14.5 Å². The van der Waals surface area contributed by atoms with Crippen LogP contribution in [0, 0.1) is 10.1 Å². The van der Waals surface area contributed by atoms with Gasteiger partial charge in [0.15, 0.2) is 0 Å². The van der Waals surface area contributed by atoms with Crippen LogP contribution in [-0.2, 0) is 4.79 Å². The third-order valence-corrected chi connectivity index (χ3v) is 2.30. The van der Waals surface area contributed by atoms with Crippen LogP contribution in [0.5, 0.6) is 5.75 Å². The first-order valence-electron chi connectivity index (χ1n) is 4.94. The Hall–Kier alpha value is -2.43. The Morgan fingerprint density at radius 1 is 1.24 bits per heavy atom. The first-order chi connectivity index (χ1) is 8.09. The molecule has 0 radical (unpaired) electrons. The number of fused-ring (bicyclic) bond motifs is 1. The average Bonchev–Trinajstić information content (AvgIpc) is 2.27. The van der Waals surface area contributed by atoms with Crippen LogP contribution in [0.4, 0.5) is 5.69 Å². The molecule has 2 rings (SSSR count). The number of benzene rings is 2. The molecule has 2 aromatic rings. The molecule has 0 aromatic heterocycles. The van der Waals surface area contributed by atoms with Crippen molar-refractivity contribution in [2.24, 2.45) is 0 Å². The van der Waals surface area contributed by atoms with E-state index < -0.39 is 10.9 Å². The predicted molar refractivity (Wildman–Crippen MR) is 61.9 cm³/mol. The Labute approximate surface area is 96.8 Å². The molecule has 5 nitrogen and oxygen atoms in total. The summed E-state index contributed by atoms with van der Waals surface area (Å²) in [5.74, 6) is -0.607. The van der Waals surface area contributed by atoms with Crippen molar-refractivity contribution in [2.75, 3.05) is 0 Å². The second kappa shape index (κ2) is 4.21. The maximum absolute atomic E-state index is 11.0. The molecule has 0 aliphatic heterocycles. The van der Waals surface area contributed by atoms with Crippen molar-refractivity contribution in [3.8, 4) is 5.75 Å². The van der Waals surface area contributed by atoms with Crippen LogP contribution in [0.1, 0.15) is 6.92 Å². The van der Waals surface area contributed by atoms with E-state index in [1.165, 1.54) is 13.0 Å². The Balaban J connectivity index is 2.72. The largest absolute Gasteiger partial charge is 0.419 e. The summed E-state index contributed by atoms with van der Waals surface area (Å²) in [5.41, 5.74) is -0.182. The van der Waals surface area contributed by atoms with E-state index in [0.29, 0.717) is 5.39 Å². The summed E-state index contributed by atoms with van der Waals surface area (Å²) in [4.78, 5) is 21.4. The second-order valence-electron chi connectivity index (χ2n) is 3.48. The van der Waals surface area contributed by atoms with E-state index >= 15 is 0 Å². The van der Waals surface area contributed by atoms with Crippen molar-refractivity contribution in [1.82, 2.24) is 0 Å². The van der Waals surface area contributed by atoms with E-state index in [1.807, 2.05) is 0 Å². The molecule has 0 unspecified atom stereocenters. The fourth-order valence-electron chi connectivity index (χ4n) is 1.66. The number of carbonyl (C=O) groups excluding carboxylic acids is 1. The Morgan fingerprint density at radius 2 is 1.94 bits per heavy atom. The lowest BCUT2D eigenvalue weighted by Crippen LogP contribution is -2.04. The van der Waals surface area contributed by atoms with Crippen molar-refractivity contribution in [1.29, 1.82) is 0 Å². The van der Waals surface area contributed by atoms with E-state index in [0.717, 1.165) is 5.39 Å². The highest BCUT2D eigenvalue weighted by Gasteiger charge is 2.20. The Bertz CT molecular complexity index is 606. The lowest BCUT2D eigenvalue weighted by atomic mass is 10.1. The Morgan fingerprint density at radius 3 is 2.59 bits per heavy atom. The molecule has 0 bridgehead atoms. The summed E-state index contributed by atoms with van der Waals surface area (Å²) in [6, 6.07) is 9.99. The van der Waals surface area contributed by atoms with Gasteiger partial charge in [0, 0.05) is 6.92 Å². The summed E-state index contributed by atoms with van der Waals surface area (Å²) in [5, 5.41) is 12.2. The third kappa shape index (κ3) is 2.08. The summed E-state index contributed by atoms with van der Waals surface area (Å²) in [7, 11) is 0. The van der Waals surface area contributed by atoms with E-state index in [4.69, 9.17) is 4.74 Å². The number of ether oxygens (including phenoxy) is 1. The molecule has 0 aliphatic rings. The smallest absolute Gasteiger partial charge is 0.319 e. The number of rotatable bonds is 2. The van der Waals surface area contributed by atoms with Crippen molar-refractivity contribution in [3.63, 3.8) is 0 Å². The average molecular weight is 231 g/mol. The van der Waals surface area contributed by atoms with Crippen molar-refractivity contribution in [3.05, 3.63) is 46.5 Å². The molecular formula is C12H9NO4. The van der Waals surface area contributed by atoms with Crippen LogP contribution >= 0.6 is 0 Å². The standard InChI is InChI=1S/C12H9NO4/c1-8(14)17-11-7-6-9-4-2-3-5-10(9)12(11)13(15)16/h2-7H,1H3. The number of carbonyl (C=O) groups is 1. The minimum Gasteiger partial charge on any atom is -0.419 e. The van der Waals surface area contributed by atoms with E-state index in [-0.39, 0.29) is 11.4 Å². The van der Waals surface area contributed by atoms with Crippen LogP contribution in [0.25, 0.3) is 10.8 Å². The molecule has 0 saturated heterocycles. The predicted octanol–water partition coefficient (Wildman–Crippen LogP) is 2.67. The van der Waals surface area contributed by atoms with Crippen LogP contribution in [0.15, 0.2) is 36.4 Å². The molecule has 0 aliphatic carbocycles. The minimum absolute atomic E-state index is 0.0267. The van der Waals surface area contributed by atoms with E-state index in [9.17, 15) is 14.9 Å². The number of nitro benzene ring substituents is 1. The van der Waals surface area contributed by atoms with Gasteiger partial charge < -0.3 is 4.74 Å². The molecule has 0 amide bonds. The summed E-state index contributed by atoms with van der Waals surface area (Å²) < 4.78 is 4.83. The zero-order valence-electron chi connectivity index (χ0n) is 9.04. The summed E-state index contributed by atoms with van der Waals surface area (Å²) in [6.45, 7) is 1.21. The zero-order valence-corrected chi connectivity index (χ0v) is 9.04. The van der Waals surface area contributed by atoms with Gasteiger partial charge in [0.05, 0.1) is 10.3 Å². The summed E-state index contributed by atoms with van der Waals surface area (Å²) in [6.07, 6.45) is 0. The zero-order chi connectivity index (χ0) is 12.4. The highest BCUT2D eigenvalue weighted by molar-refractivity contribution is 5.94. The molecule has 5 heteroatoms. The number of nitro groups is 1. The van der Waals surface area contributed by atoms with Crippen molar-refractivity contribution in [2.45, 2.75) is 6.92 Å². The molecule has 0 saturated carbocycles. The molecule has 0 N–H and O–H groups in total. The highest BCUT2D eigenvalue weighted by Crippen LogP contribution is 2.35. The quantitative estimate of drug-likeness (QED) is 0.345. The second-order valence-corrected chi connectivity index (χ2v) is 3.48. The summed E-state index contributed by atoms with van der Waals surface area (Å²) >= 11 is 0. The van der Waals surface area contributed by atoms with Gasteiger partial charge in [0.25, 0.3) is 0 Å². The number of hydrogen-bond donors (Lipinski definition) is 0. The van der Waals surface area contributed by atoms with Crippen molar-refractivity contribution >= 4 is 22.4 Å². The van der Waals surface area contributed by atoms with Gasteiger partial charge in [-0.2, -0.15) is 0 Å². The molecule has 0 spiro atoms. The lowest BCUT2D eigenvalue weighted by molar-refractivity contribution is -0.383. The maximum atomic E-state index is 11.0. The van der Waals surface area contributed by atoms with Crippen LogP contribution in [0.3, 0.4) is 0 Å². The molecule has 17 heavy (non-hydrogen) atoms. The molecule has 0 atom stereocenters. The van der Waals surface area contributed by atoms with Gasteiger partial charge in [-0.15, -0.1) is 0 Å². The van der Waals surface area contributed by atoms with E-state index in [1.54, 1.807) is 30.3 Å². The maximum Gasteiger partial charge on any atom is 0.319 e. The van der Waals surface area contributed by atoms with Gasteiger partial charge in [-0.1, -0.05) is 24.3 Å². The normalized spacial score (nSPS) is 10.2. The van der Waals surface area contributed by atoms with Gasteiger partial charge in [0.2, 0.25) is 5.75 Å². The lowest BCUT2D eigenvalue weighted by Gasteiger charge is -2.05. The number of nitrogens with zero attached hydrogens (tertiary/aromatic N) is 1. The SMILES string of the molecule is CC(=O)Oc1ccc2ccccc2c1[N+](=O)[O-]. The first-order valence-corrected chi connectivity index (χ1v) is 4.94. The monoisotopic (exact) mass is 231 g/mol. The van der Waals surface area contributed by atoms with Crippen LogP contribution in [-0.4, -0.2) is 10.9 Å². The molecular weight excluding hydrogens is 222 g/mol. The molecule has 2 aromatic carbocycles.